The normalized spacial score (nSPS) is 13.8. The molecular formula is C7H11F3N2S. The minimum absolute atomic E-state index is 0.0539. The number of nitrogens with zero attached hydrogens (tertiary/aromatic N) is 1. The maximum absolute atomic E-state index is 11.6. The summed E-state index contributed by atoms with van der Waals surface area (Å²) in [6.45, 7) is 2.01. The van der Waals surface area contributed by atoms with Gasteiger partial charge in [0.1, 0.15) is 0 Å². The van der Waals surface area contributed by atoms with E-state index in [-0.39, 0.29) is 30.1 Å². The maximum Gasteiger partial charge on any atom is 0.441 e. The number of thioether (sulfide) groups is 1. The van der Waals surface area contributed by atoms with Gasteiger partial charge in [0, 0.05) is 12.3 Å². The molecule has 0 spiro atoms. The van der Waals surface area contributed by atoms with Gasteiger partial charge in [0.15, 0.2) is 0 Å². The van der Waals surface area contributed by atoms with Gasteiger partial charge in [-0.05, 0) is 18.2 Å². The van der Waals surface area contributed by atoms with E-state index in [9.17, 15) is 13.2 Å². The number of hydrogen-bond acceptors (Lipinski definition) is 3. The molecule has 2 nitrogen and oxygen atoms in total. The molecule has 0 aliphatic heterocycles. The van der Waals surface area contributed by atoms with Gasteiger partial charge in [-0.15, -0.1) is 0 Å². The zero-order valence-electron chi connectivity index (χ0n) is 7.19. The lowest BCUT2D eigenvalue weighted by molar-refractivity contribution is -0.0327. The summed E-state index contributed by atoms with van der Waals surface area (Å²) in [5, 5.41) is 11.2. The Balaban J connectivity index is 3.41. The second-order valence-electron chi connectivity index (χ2n) is 2.34. The van der Waals surface area contributed by atoms with Gasteiger partial charge in [-0.25, -0.2) is 0 Å². The van der Waals surface area contributed by atoms with Crippen LogP contribution >= 0.6 is 11.8 Å². The molecule has 0 saturated carbocycles. The number of nitriles is 1. The highest BCUT2D eigenvalue weighted by atomic mass is 32.2. The van der Waals surface area contributed by atoms with E-state index in [0.29, 0.717) is 6.42 Å². The maximum atomic E-state index is 11.6. The molecule has 0 aromatic carbocycles. The summed E-state index contributed by atoms with van der Waals surface area (Å²) in [7, 11) is 0. The van der Waals surface area contributed by atoms with Crippen LogP contribution in [-0.2, 0) is 0 Å². The highest BCUT2D eigenvalue weighted by molar-refractivity contribution is 8.00. The van der Waals surface area contributed by atoms with Crippen LogP contribution in [0, 0.1) is 11.3 Å². The molecule has 0 aliphatic carbocycles. The molecule has 0 saturated heterocycles. The topological polar surface area (TPSA) is 35.8 Å². The van der Waals surface area contributed by atoms with Gasteiger partial charge >= 0.3 is 5.51 Å². The molecule has 1 atom stereocenters. The summed E-state index contributed by atoms with van der Waals surface area (Å²) in [4.78, 5) is 0. The van der Waals surface area contributed by atoms with Crippen LogP contribution in [-0.4, -0.2) is 23.8 Å². The van der Waals surface area contributed by atoms with E-state index < -0.39 is 5.51 Å². The van der Waals surface area contributed by atoms with Crippen LogP contribution in [0.4, 0.5) is 13.2 Å². The summed E-state index contributed by atoms with van der Waals surface area (Å²) in [6, 6.07) is 1.61. The molecular weight excluding hydrogens is 201 g/mol. The molecule has 76 valence electrons. The Morgan fingerprint density at radius 3 is 2.54 bits per heavy atom. The van der Waals surface area contributed by atoms with Gasteiger partial charge in [-0.2, -0.15) is 18.4 Å². The highest BCUT2D eigenvalue weighted by Crippen LogP contribution is 2.29. The Labute approximate surface area is 79.5 Å². The van der Waals surface area contributed by atoms with Crippen LogP contribution in [0.5, 0.6) is 0 Å². The van der Waals surface area contributed by atoms with Gasteiger partial charge < -0.3 is 5.32 Å². The van der Waals surface area contributed by atoms with Crippen molar-refractivity contribution >= 4 is 11.8 Å². The second kappa shape index (κ2) is 6.11. The van der Waals surface area contributed by atoms with Crippen molar-refractivity contribution in [3.05, 3.63) is 0 Å². The lowest BCUT2D eigenvalue weighted by Crippen LogP contribution is -2.29. The average molecular weight is 212 g/mol. The van der Waals surface area contributed by atoms with Crippen LogP contribution in [0.3, 0.4) is 0 Å². The molecule has 0 heterocycles. The summed E-state index contributed by atoms with van der Waals surface area (Å²) in [5.41, 5.74) is -4.17. The van der Waals surface area contributed by atoms with Crippen LogP contribution in [0.15, 0.2) is 0 Å². The Morgan fingerprint density at radius 2 is 2.15 bits per heavy atom. The van der Waals surface area contributed by atoms with Crippen molar-refractivity contribution in [2.24, 2.45) is 0 Å². The average Bonchev–Trinajstić information content (AvgIpc) is 2.03. The summed E-state index contributed by atoms with van der Waals surface area (Å²) in [5.74, 6) is -0.0539. The largest absolute Gasteiger partial charge is 0.441 e. The van der Waals surface area contributed by atoms with Crippen molar-refractivity contribution in [1.82, 2.24) is 5.32 Å². The number of hydrogen-bond donors (Lipinski definition) is 1. The van der Waals surface area contributed by atoms with Crippen molar-refractivity contribution < 1.29 is 13.2 Å². The van der Waals surface area contributed by atoms with Crippen molar-refractivity contribution in [2.45, 2.75) is 24.9 Å². The first kappa shape index (κ1) is 12.6. The first-order valence-corrected chi connectivity index (χ1v) is 4.82. The quantitative estimate of drug-likeness (QED) is 0.709. The van der Waals surface area contributed by atoms with E-state index in [0.717, 1.165) is 0 Å². The number of halogens is 3. The van der Waals surface area contributed by atoms with E-state index in [4.69, 9.17) is 5.26 Å². The minimum atomic E-state index is -4.17. The number of alkyl halides is 3. The predicted molar refractivity (Wildman–Crippen MR) is 46.2 cm³/mol. The van der Waals surface area contributed by atoms with Gasteiger partial charge in [-0.1, -0.05) is 6.92 Å². The molecule has 6 heteroatoms. The smallest absolute Gasteiger partial charge is 0.301 e. The molecule has 0 aromatic heterocycles. The molecule has 0 bridgehead atoms. The Morgan fingerprint density at radius 1 is 1.54 bits per heavy atom. The Bertz CT molecular complexity index is 176. The van der Waals surface area contributed by atoms with Crippen molar-refractivity contribution in [2.75, 3.05) is 12.3 Å². The third-order valence-electron chi connectivity index (χ3n) is 1.32. The van der Waals surface area contributed by atoms with E-state index >= 15 is 0 Å². The van der Waals surface area contributed by atoms with E-state index in [1.165, 1.54) is 0 Å². The minimum Gasteiger partial charge on any atom is -0.301 e. The standard InChI is InChI=1S/C7H11F3N2S/c1-2-6(5-11)12-3-4-13-7(8,9)10/h6,12H,2-4H2,1H3. The monoisotopic (exact) mass is 212 g/mol. The second-order valence-corrected chi connectivity index (χ2v) is 3.50. The van der Waals surface area contributed by atoms with Gasteiger partial charge in [-0.3, -0.25) is 0 Å². The van der Waals surface area contributed by atoms with E-state index in [2.05, 4.69) is 5.32 Å². The van der Waals surface area contributed by atoms with Crippen LogP contribution in [0.25, 0.3) is 0 Å². The highest BCUT2D eigenvalue weighted by Gasteiger charge is 2.27. The first-order valence-electron chi connectivity index (χ1n) is 3.83. The molecule has 0 rings (SSSR count). The third kappa shape index (κ3) is 7.94. The zero-order valence-corrected chi connectivity index (χ0v) is 8.00. The lowest BCUT2D eigenvalue weighted by atomic mass is 10.2. The summed E-state index contributed by atoms with van der Waals surface area (Å²) >= 11 is -0.0754. The molecule has 0 amide bonds. The Kier molecular flexibility index (Phi) is 5.91. The fourth-order valence-corrected chi connectivity index (χ4v) is 1.13. The van der Waals surface area contributed by atoms with Gasteiger partial charge in [0.25, 0.3) is 0 Å². The third-order valence-corrected chi connectivity index (χ3v) is 2.06. The lowest BCUT2D eigenvalue weighted by Gasteiger charge is -2.09. The molecule has 1 N–H and O–H groups in total. The zero-order chi connectivity index (χ0) is 10.3. The summed E-state index contributed by atoms with van der Waals surface area (Å²) in [6.07, 6.45) is 0.604. The van der Waals surface area contributed by atoms with E-state index in [1.807, 2.05) is 6.07 Å². The van der Waals surface area contributed by atoms with Crippen LogP contribution in [0.2, 0.25) is 0 Å². The van der Waals surface area contributed by atoms with E-state index in [1.54, 1.807) is 6.92 Å². The fraction of sp³-hybridized carbons (Fsp3) is 0.857. The van der Waals surface area contributed by atoms with Gasteiger partial charge in [0.2, 0.25) is 0 Å². The number of rotatable bonds is 5. The van der Waals surface area contributed by atoms with Crippen LogP contribution in [0.1, 0.15) is 13.3 Å². The Hall–Kier alpha value is -0.410. The fourth-order valence-electron chi connectivity index (χ4n) is 0.681. The van der Waals surface area contributed by atoms with Crippen molar-refractivity contribution in [3.63, 3.8) is 0 Å². The van der Waals surface area contributed by atoms with Crippen LogP contribution < -0.4 is 5.32 Å². The molecule has 1 unspecified atom stereocenters. The predicted octanol–water partition coefficient (Wildman–Crippen LogP) is 2.13. The molecule has 0 fully saturated rings. The molecule has 0 aromatic rings. The molecule has 0 radical (unpaired) electrons. The molecule has 0 aliphatic rings. The molecule has 13 heavy (non-hydrogen) atoms. The van der Waals surface area contributed by atoms with Gasteiger partial charge in [0.05, 0.1) is 12.1 Å². The SMILES string of the molecule is CCC(C#N)NCCSC(F)(F)F. The van der Waals surface area contributed by atoms with Crippen molar-refractivity contribution in [3.8, 4) is 6.07 Å². The van der Waals surface area contributed by atoms with Crippen molar-refractivity contribution in [1.29, 1.82) is 5.26 Å². The number of nitrogens with one attached hydrogen (secondary N) is 1. The summed E-state index contributed by atoms with van der Waals surface area (Å²) < 4.78 is 34.8. The first-order chi connectivity index (χ1) is 5.99.